The quantitative estimate of drug-likeness (QED) is 0.439. The largest absolute Gasteiger partial charge is 0.0620 e. The third kappa shape index (κ3) is 2.18. The van der Waals surface area contributed by atoms with Crippen molar-refractivity contribution < 1.29 is 0 Å². The molecule has 1 fully saturated rings. The molecule has 2 aliphatic carbocycles. The van der Waals surface area contributed by atoms with Gasteiger partial charge in [-0.05, 0) is 152 Å². The van der Waals surface area contributed by atoms with Crippen LogP contribution in [0.2, 0.25) is 0 Å². The first-order valence-electron chi connectivity index (χ1n) is 11.2. The molecule has 0 spiro atoms. The second-order valence-corrected chi connectivity index (χ2v) is 10.2. The summed E-state index contributed by atoms with van der Waals surface area (Å²) in [5.74, 6) is 3.54. The van der Waals surface area contributed by atoms with Gasteiger partial charge in [-0.1, -0.05) is 20.8 Å². The van der Waals surface area contributed by atoms with Gasteiger partial charge in [-0.25, -0.2) is 0 Å². The van der Waals surface area contributed by atoms with Gasteiger partial charge in [0.25, 0.3) is 0 Å². The summed E-state index contributed by atoms with van der Waals surface area (Å²) in [5.41, 5.74) is 18.7. The van der Waals surface area contributed by atoms with Crippen LogP contribution < -0.4 is 0 Å². The molecule has 0 saturated heterocycles. The zero-order valence-corrected chi connectivity index (χ0v) is 19.9. The number of fused-ring (bicyclic) bond motifs is 6. The Morgan fingerprint density at radius 3 is 0.964 bits per heavy atom. The average Bonchev–Trinajstić information content (AvgIpc) is 2.90. The van der Waals surface area contributed by atoms with Gasteiger partial charge in [0.15, 0.2) is 0 Å². The zero-order chi connectivity index (χ0) is 20.8. The van der Waals surface area contributed by atoms with E-state index in [1.807, 2.05) is 0 Å². The second-order valence-electron chi connectivity index (χ2n) is 10.2. The van der Waals surface area contributed by atoms with Crippen LogP contribution in [0.3, 0.4) is 0 Å². The minimum absolute atomic E-state index is 0.658. The lowest BCUT2D eigenvalue weighted by Gasteiger charge is -2.40. The molecule has 0 bridgehead atoms. The monoisotopic (exact) mass is 374 g/mol. The van der Waals surface area contributed by atoms with E-state index in [0.717, 1.165) is 17.8 Å². The summed E-state index contributed by atoms with van der Waals surface area (Å²) in [6.45, 7) is 26.4. The van der Waals surface area contributed by atoms with Crippen molar-refractivity contribution in [1.82, 2.24) is 0 Å². The van der Waals surface area contributed by atoms with Crippen molar-refractivity contribution in [2.24, 2.45) is 17.8 Å². The van der Waals surface area contributed by atoms with Crippen LogP contribution in [0.5, 0.6) is 0 Å². The van der Waals surface area contributed by atoms with Gasteiger partial charge in [-0.3, -0.25) is 0 Å². The van der Waals surface area contributed by atoms with Crippen LogP contribution in [0.15, 0.2) is 0 Å². The molecular formula is C28H38. The first-order valence-corrected chi connectivity index (χ1v) is 11.2. The number of benzene rings is 2. The third-order valence-electron chi connectivity index (χ3n) is 9.57. The Hall–Kier alpha value is -1.56. The maximum Gasteiger partial charge on any atom is -0.00528 e. The molecule has 1 saturated carbocycles. The first kappa shape index (κ1) is 19.7. The van der Waals surface area contributed by atoms with E-state index in [-0.39, 0.29) is 0 Å². The highest BCUT2D eigenvalue weighted by atomic mass is 14.5. The molecule has 0 aliphatic heterocycles. The van der Waals surface area contributed by atoms with E-state index in [1.165, 1.54) is 33.4 Å². The third-order valence-corrected chi connectivity index (χ3v) is 9.57. The van der Waals surface area contributed by atoms with Crippen LogP contribution in [0.25, 0.3) is 11.1 Å². The molecule has 0 amide bonds. The molecule has 2 aromatic carbocycles. The van der Waals surface area contributed by atoms with E-state index in [0.29, 0.717) is 11.8 Å². The van der Waals surface area contributed by atoms with E-state index < -0.39 is 0 Å². The van der Waals surface area contributed by atoms with Crippen LogP contribution in [-0.2, 0) is 0 Å². The highest BCUT2D eigenvalue weighted by Gasteiger charge is 2.51. The van der Waals surface area contributed by atoms with Crippen molar-refractivity contribution in [2.75, 3.05) is 0 Å². The van der Waals surface area contributed by atoms with Gasteiger partial charge in [0, 0.05) is 0 Å². The van der Waals surface area contributed by atoms with Gasteiger partial charge >= 0.3 is 0 Å². The normalized spacial score (nSPS) is 28.2. The number of hydrogen-bond donors (Lipinski definition) is 0. The topological polar surface area (TPSA) is 0 Å². The Morgan fingerprint density at radius 1 is 0.357 bits per heavy atom. The van der Waals surface area contributed by atoms with Gasteiger partial charge in [0.05, 0.1) is 0 Å². The lowest BCUT2D eigenvalue weighted by atomic mass is 9.63. The molecule has 0 heterocycles. The van der Waals surface area contributed by atoms with Crippen LogP contribution in [0.4, 0.5) is 0 Å². The Bertz CT molecular complexity index is 923. The molecule has 4 unspecified atom stereocenters. The minimum atomic E-state index is 0.658. The fourth-order valence-electron chi connectivity index (χ4n) is 6.83. The SMILES string of the molecule is Cc1c(C)c(C)c2c(c1C)-c1c(C)c(C)c(C)c(C)c1C1C(C)C(C)C(C)C21. The highest BCUT2D eigenvalue weighted by molar-refractivity contribution is 5.85. The Kier molecular flexibility index (Phi) is 4.38. The number of rotatable bonds is 0. The lowest BCUT2D eigenvalue weighted by molar-refractivity contribution is 0.366. The van der Waals surface area contributed by atoms with Gasteiger partial charge in [-0.15, -0.1) is 0 Å². The van der Waals surface area contributed by atoms with Crippen molar-refractivity contribution in [2.45, 2.75) is 88.0 Å². The highest BCUT2D eigenvalue weighted by Crippen LogP contribution is 2.64. The van der Waals surface area contributed by atoms with Crippen molar-refractivity contribution in [3.8, 4) is 11.1 Å². The van der Waals surface area contributed by atoms with Gasteiger partial charge in [0.1, 0.15) is 0 Å². The van der Waals surface area contributed by atoms with E-state index in [4.69, 9.17) is 0 Å². The van der Waals surface area contributed by atoms with E-state index >= 15 is 0 Å². The lowest BCUT2D eigenvalue weighted by Crippen LogP contribution is -2.24. The molecule has 28 heavy (non-hydrogen) atoms. The van der Waals surface area contributed by atoms with Crippen LogP contribution >= 0.6 is 0 Å². The fraction of sp³-hybridized carbons (Fsp3) is 0.571. The molecule has 0 radical (unpaired) electrons. The van der Waals surface area contributed by atoms with Crippen LogP contribution in [-0.4, -0.2) is 0 Å². The van der Waals surface area contributed by atoms with Gasteiger partial charge < -0.3 is 0 Å². The summed E-state index contributed by atoms with van der Waals surface area (Å²) in [4.78, 5) is 0. The first-order chi connectivity index (χ1) is 13.0. The van der Waals surface area contributed by atoms with Crippen LogP contribution in [0.1, 0.15) is 88.2 Å². The summed E-state index contributed by atoms with van der Waals surface area (Å²) >= 11 is 0. The Labute approximate surface area is 172 Å². The van der Waals surface area contributed by atoms with Crippen molar-refractivity contribution in [3.05, 3.63) is 55.6 Å². The molecule has 4 rings (SSSR count). The summed E-state index contributed by atoms with van der Waals surface area (Å²) in [6.07, 6.45) is 0. The smallest absolute Gasteiger partial charge is 0.00528 e. The predicted octanol–water partition coefficient (Wildman–Crippen LogP) is 7.92. The van der Waals surface area contributed by atoms with Gasteiger partial charge in [-0.2, -0.15) is 0 Å². The standard InChI is InChI=1S/C28H38/c1-12-14(3)19(8)25-23(17(12)6)24-18(7)13(2)15(4)20(9)26(24)28-22(11)16(5)21(10)27(25)28/h16,21-22,27-28H,1-11H3. The van der Waals surface area contributed by atoms with Crippen molar-refractivity contribution in [1.29, 1.82) is 0 Å². The summed E-state index contributed by atoms with van der Waals surface area (Å²) in [5, 5.41) is 0. The average molecular weight is 375 g/mol. The molecule has 150 valence electrons. The molecule has 4 atom stereocenters. The summed E-state index contributed by atoms with van der Waals surface area (Å²) in [7, 11) is 0. The molecule has 0 nitrogen and oxygen atoms in total. The van der Waals surface area contributed by atoms with E-state index in [9.17, 15) is 0 Å². The summed E-state index contributed by atoms with van der Waals surface area (Å²) in [6, 6.07) is 0. The Morgan fingerprint density at radius 2 is 0.643 bits per heavy atom. The molecule has 2 aliphatic rings. The van der Waals surface area contributed by atoms with E-state index in [1.54, 1.807) is 33.4 Å². The molecular weight excluding hydrogens is 336 g/mol. The maximum atomic E-state index is 2.52. The summed E-state index contributed by atoms with van der Waals surface area (Å²) < 4.78 is 0. The minimum Gasteiger partial charge on any atom is -0.0620 e. The van der Waals surface area contributed by atoms with Crippen molar-refractivity contribution >= 4 is 0 Å². The fourth-order valence-corrected chi connectivity index (χ4v) is 6.83. The van der Waals surface area contributed by atoms with Gasteiger partial charge in [0.2, 0.25) is 0 Å². The predicted molar refractivity (Wildman–Crippen MR) is 123 cm³/mol. The number of hydrogen-bond acceptors (Lipinski definition) is 0. The zero-order valence-electron chi connectivity index (χ0n) is 19.9. The van der Waals surface area contributed by atoms with Crippen molar-refractivity contribution in [3.63, 3.8) is 0 Å². The van der Waals surface area contributed by atoms with E-state index in [2.05, 4.69) is 76.2 Å². The molecule has 0 aromatic heterocycles. The Balaban J connectivity index is 2.26. The molecule has 0 N–H and O–H groups in total. The van der Waals surface area contributed by atoms with Crippen LogP contribution in [0, 0.1) is 73.1 Å². The molecule has 2 aromatic rings. The maximum absolute atomic E-state index is 2.52. The second kappa shape index (κ2) is 6.22. The molecule has 0 heteroatoms.